The van der Waals surface area contributed by atoms with Crippen molar-refractivity contribution >= 4 is 5.97 Å². The van der Waals surface area contributed by atoms with Gasteiger partial charge in [-0.25, -0.2) is 0 Å². The normalized spacial score (nSPS) is 24.9. The number of carboxylic acid groups (broad SMARTS) is 1. The molecule has 0 bridgehead atoms. The summed E-state index contributed by atoms with van der Waals surface area (Å²) in [6.07, 6.45) is 3.98. The number of hydrogen-bond acceptors (Lipinski definition) is 3. The molecule has 88 valence electrons. The van der Waals surface area contributed by atoms with Crippen molar-refractivity contribution in [3.8, 4) is 0 Å². The zero-order chi connectivity index (χ0) is 11.3. The summed E-state index contributed by atoms with van der Waals surface area (Å²) < 4.78 is 0. The minimum atomic E-state index is -0.697. The predicted octanol–water partition coefficient (Wildman–Crippen LogP) is 0.923. The van der Waals surface area contributed by atoms with E-state index in [-0.39, 0.29) is 6.04 Å². The molecule has 0 radical (unpaired) electrons. The summed E-state index contributed by atoms with van der Waals surface area (Å²) in [5, 5.41) is 12.4. The van der Waals surface area contributed by atoms with Crippen LogP contribution >= 0.6 is 0 Å². The Morgan fingerprint density at radius 3 is 2.87 bits per heavy atom. The number of rotatable bonds is 4. The molecule has 1 aliphatic heterocycles. The van der Waals surface area contributed by atoms with Crippen molar-refractivity contribution in [2.75, 3.05) is 20.1 Å². The van der Waals surface area contributed by atoms with Gasteiger partial charge in [0.1, 0.15) is 6.04 Å². The summed E-state index contributed by atoms with van der Waals surface area (Å²) in [6, 6.07) is 0.0918. The van der Waals surface area contributed by atoms with E-state index in [1.807, 2.05) is 18.9 Å². The largest absolute Gasteiger partial charge is 0.480 e. The smallest absolute Gasteiger partial charge is 0.320 e. The van der Waals surface area contributed by atoms with Crippen LogP contribution in [0, 0.1) is 0 Å². The van der Waals surface area contributed by atoms with E-state index in [1.54, 1.807) is 0 Å². The fourth-order valence-electron chi connectivity index (χ4n) is 2.30. The summed E-state index contributed by atoms with van der Waals surface area (Å²) in [4.78, 5) is 13.1. The van der Waals surface area contributed by atoms with Gasteiger partial charge in [0.15, 0.2) is 0 Å². The van der Waals surface area contributed by atoms with Gasteiger partial charge in [-0.1, -0.05) is 6.92 Å². The molecule has 2 atom stereocenters. The van der Waals surface area contributed by atoms with Crippen molar-refractivity contribution in [1.29, 1.82) is 0 Å². The molecule has 0 aromatic rings. The number of aliphatic carboxylic acids is 1. The van der Waals surface area contributed by atoms with Crippen molar-refractivity contribution in [3.63, 3.8) is 0 Å². The Balaban J connectivity index is 2.55. The highest BCUT2D eigenvalue weighted by atomic mass is 16.4. The zero-order valence-electron chi connectivity index (χ0n) is 9.70. The molecule has 2 N–H and O–H groups in total. The van der Waals surface area contributed by atoms with Gasteiger partial charge in [-0.2, -0.15) is 0 Å². The lowest BCUT2D eigenvalue weighted by atomic mass is 10.0. The van der Waals surface area contributed by atoms with Crippen LogP contribution in [0.1, 0.15) is 32.6 Å². The van der Waals surface area contributed by atoms with Crippen LogP contribution in [0.5, 0.6) is 0 Å². The van der Waals surface area contributed by atoms with Crippen molar-refractivity contribution in [3.05, 3.63) is 0 Å². The van der Waals surface area contributed by atoms with Crippen molar-refractivity contribution in [2.24, 2.45) is 0 Å². The fourth-order valence-corrected chi connectivity index (χ4v) is 2.30. The third kappa shape index (κ3) is 3.47. The molecule has 1 aliphatic rings. The molecule has 1 heterocycles. The van der Waals surface area contributed by atoms with E-state index in [4.69, 9.17) is 5.11 Å². The van der Waals surface area contributed by atoms with E-state index in [0.29, 0.717) is 12.5 Å². The molecule has 4 nitrogen and oxygen atoms in total. The van der Waals surface area contributed by atoms with Crippen LogP contribution in [0.2, 0.25) is 0 Å². The van der Waals surface area contributed by atoms with Crippen LogP contribution in [0.3, 0.4) is 0 Å². The Labute approximate surface area is 91.6 Å². The number of likely N-dealkylation sites (N-methyl/N-ethyl adjacent to an activating group) is 1. The van der Waals surface area contributed by atoms with Gasteiger partial charge in [0.05, 0.1) is 0 Å². The topological polar surface area (TPSA) is 52.6 Å². The first-order valence-corrected chi connectivity index (χ1v) is 5.82. The highest BCUT2D eigenvalue weighted by Crippen LogP contribution is 2.16. The van der Waals surface area contributed by atoms with Crippen molar-refractivity contribution in [1.82, 2.24) is 10.2 Å². The maximum atomic E-state index is 11.0. The third-order valence-electron chi connectivity index (χ3n) is 3.28. The number of carboxylic acids is 1. The second-order valence-electron chi connectivity index (χ2n) is 4.26. The highest BCUT2D eigenvalue weighted by Gasteiger charge is 2.26. The monoisotopic (exact) mass is 214 g/mol. The Kier molecular flexibility index (Phi) is 5.05. The summed E-state index contributed by atoms with van der Waals surface area (Å²) in [5.74, 6) is -0.697. The SMILES string of the molecule is CCC(C(=O)O)N(C)C1CCCNCC1. The molecule has 1 saturated heterocycles. The molecule has 1 rings (SSSR count). The lowest BCUT2D eigenvalue weighted by molar-refractivity contribution is -0.143. The Bertz CT molecular complexity index is 201. The second kappa shape index (κ2) is 6.08. The molecule has 0 saturated carbocycles. The minimum Gasteiger partial charge on any atom is -0.480 e. The van der Waals surface area contributed by atoms with E-state index >= 15 is 0 Å². The van der Waals surface area contributed by atoms with Crippen LogP contribution in [-0.2, 0) is 4.79 Å². The summed E-state index contributed by atoms with van der Waals surface area (Å²) >= 11 is 0. The molecule has 0 spiro atoms. The van der Waals surface area contributed by atoms with Gasteiger partial charge in [-0.15, -0.1) is 0 Å². The molecular formula is C11H22N2O2. The predicted molar refractivity (Wildman–Crippen MR) is 60.0 cm³/mol. The van der Waals surface area contributed by atoms with Crippen molar-refractivity contribution < 1.29 is 9.90 Å². The molecule has 0 aromatic carbocycles. The molecule has 0 amide bonds. The lowest BCUT2D eigenvalue weighted by Gasteiger charge is -2.31. The number of carbonyl (C=O) groups is 1. The van der Waals surface area contributed by atoms with E-state index in [1.165, 1.54) is 0 Å². The lowest BCUT2D eigenvalue weighted by Crippen LogP contribution is -2.44. The molecular weight excluding hydrogens is 192 g/mol. The zero-order valence-corrected chi connectivity index (χ0v) is 9.70. The number of nitrogens with zero attached hydrogens (tertiary/aromatic N) is 1. The minimum absolute atomic E-state index is 0.326. The van der Waals surface area contributed by atoms with Gasteiger partial charge in [0, 0.05) is 6.04 Å². The number of nitrogens with one attached hydrogen (secondary N) is 1. The van der Waals surface area contributed by atoms with Crippen LogP contribution in [0.4, 0.5) is 0 Å². The Morgan fingerprint density at radius 2 is 2.27 bits per heavy atom. The van der Waals surface area contributed by atoms with Gasteiger partial charge in [0.2, 0.25) is 0 Å². The van der Waals surface area contributed by atoms with Crippen LogP contribution in [0.25, 0.3) is 0 Å². The van der Waals surface area contributed by atoms with E-state index < -0.39 is 5.97 Å². The highest BCUT2D eigenvalue weighted by molar-refractivity contribution is 5.73. The van der Waals surface area contributed by atoms with Crippen LogP contribution in [0.15, 0.2) is 0 Å². The number of hydrogen-bond donors (Lipinski definition) is 2. The first kappa shape index (κ1) is 12.5. The van der Waals surface area contributed by atoms with E-state index in [0.717, 1.165) is 32.4 Å². The maximum absolute atomic E-state index is 11.0. The van der Waals surface area contributed by atoms with Gasteiger partial charge < -0.3 is 10.4 Å². The summed E-state index contributed by atoms with van der Waals surface area (Å²) in [7, 11) is 1.94. The molecule has 4 heteroatoms. The van der Waals surface area contributed by atoms with Crippen LogP contribution < -0.4 is 5.32 Å². The molecule has 15 heavy (non-hydrogen) atoms. The standard InChI is InChI=1S/C11H22N2O2/c1-3-10(11(14)15)13(2)9-5-4-7-12-8-6-9/h9-10,12H,3-8H2,1-2H3,(H,14,15). The van der Waals surface area contributed by atoms with E-state index in [2.05, 4.69) is 5.32 Å². The average molecular weight is 214 g/mol. The molecule has 1 fully saturated rings. The first-order valence-electron chi connectivity index (χ1n) is 5.82. The summed E-state index contributed by atoms with van der Waals surface area (Å²) in [6.45, 7) is 4.00. The third-order valence-corrected chi connectivity index (χ3v) is 3.28. The van der Waals surface area contributed by atoms with Crippen LogP contribution in [-0.4, -0.2) is 48.2 Å². The quantitative estimate of drug-likeness (QED) is 0.731. The average Bonchev–Trinajstić information content (AvgIpc) is 2.45. The maximum Gasteiger partial charge on any atom is 0.320 e. The van der Waals surface area contributed by atoms with E-state index in [9.17, 15) is 4.79 Å². The first-order chi connectivity index (χ1) is 7.16. The molecule has 0 aliphatic carbocycles. The van der Waals surface area contributed by atoms with Gasteiger partial charge >= 0.3 is 5.97 Å². The Hall–Kier alpha value is -0.610. The fraction of sp³-hybridized carbons (Fsp3) is 0.909. The Morgan fingerprint density at radius 1 is 1.53 bits per heavy atom. The molecule has 0 aromatic heterocycles. The van der Waals surface area contributed by atoms with Gasteiger partial charge in [-0.3, -0.25) is 9.69 Å². The summed E-state index contributed by atoms with van der Waals surface area (Å²) in [5.41, 5.74) is 0. The second-order valence-corrected chi connectivity index (χ2v) is 4.26. The van der Waals surface area contributed by atoms with Gasteiger partial charge in [0.25, 0.3) is 0 Å². The van der Waals surface area contributed by atoms with Gasteiger partial charge in [-0.05, 0) is 45.8 Å². The van der Waals surface area contributed by atoms with Crippen molar-refractivity contribution in [2.45, 2.75) is 44.7 Å². The molecule has 2 unspecified atom stereocenters.